The summed E-state index contributed by atoms with van der Waals surface area (Å²) in [6.07, 6.45) is -0.409. The highest BCUT2D eigenvalue weighted by molar-refractivity contribution is 5.97. The fraction of sp³-hybridized carbons (Fsp3) is 0.462. The van der Waals surface area contributed by atoms with Crippen LogP contribution in [0.4, 0.5) is 5.69 Å². The average molecular weight is 219 g/mol. The van der Waals surface area contributed by atoms with Crippen LogP contribution < -0.4 is 10.1 Å². The van der Waals surface area contributed by atoms with Crippen LogP contribution in [-0.2, 0) is 10.2 Å². The van der Waals surface area contributed by atoms with Crippen LogP contribution in [0.3, 0.4) is 0 Å². The fourth-order valence-electron chi connectivity index (χ4n) is 1.68. The second-order valence-corrected chi connectivity index (χ2v) is 5.21. The van der Waals surface area contributed by atoms with Crippen molar-refractivity contribution >= 4 is 11.6 Å². The smallest absolute Gasteiger partial charge is 0.265 e. The Bertz CT molecular complexity index is 432. The molecule has 0 saturated carbocycles. The van der Waals surface area contributed by atoms with Crippen molar-refractivity contribution in [3.05, 3.63) is 23.8 Å². The van der Waals surface area contributed by atoms with E-state index in [1.54, 1.807) is 6.92 Å². The minimum atomic E-state index is -0.409. The van der Waals surface area contributed by atoms with Gasteiger partial charge in [-0.3, -0.25) is 4.79 Å². The summed E-state index contributed by atoms with van der Waals surface area (Å²) < 4.78 is 5.50. The van der Waals surface area contributed by atoms with Gasteiger partial charge in [-0.05, 0) is 30.0 Å². The molecule has 0 fully saturated rings. The monoisotopic (exact) mass is 219 g/mol. The van der Waals surface area contributed by atoms with E-state index < -0.39 is 6.10 Å². The summed E-state index contributed by atoms with van der Waals surface area (Å²) in [4.78, 5) is 11.5. The van der Waals surface area contributed by atoms with Crippen LogP contribution in [0.15, 0.2) is 18.2 Å². The summed E-state index contributed by atoms with van der Waals surface area (Å²) in [5.41, 5.74) is 2.03. The SMILES string of the molecule is CC1Oc2ccc(C(C)(C)C)cc2NC1=O. The third-order valence-corrected chi connectivity index (χ3v) is 2.78. The third-order valence-electron chi connectivity index (χ3n) is 2.78. The predicted octanol–water partition coefficient (Wildman–Crippen LogP) is 2.70. The highest BCUT2D eigenvalue weighted by Crippen LogP contribution is 2.34. The van der Waals surface area contributed by atoms with E-state index in [-0.39, 0.29) is 11.3 Å². The highest BCUT2D eigenvalue weighted by Gasteiger charge is 2.25. The Labute approximate surface area is 95.8 Å². The second-order valence-electron chi connectivity index (χ2n) is 5.21. The van der Waals surface area contributed by atoms with Gasteiger partial charge in [0.15, 0.2) is 6.10 Å². The van der Waals surface area contributed by atoms with Crippen LogP contribution in [0, 0.1) is 0 Å². The average Bonchev–Trinajstić information content (AvgIpc) is 2.17. The van der Waals surface area contributed by atoms with E-state index in [0.717, 1.165) is 11.4 Å². The van der Waals surface area contributed by atoms with E-state index in [4.69, 9.17) is 4.74 Å². The summed E-state index contributed by atoms with van der Waals surface area (Å²) in [5.74, 6) is 0.665. The molecule has 16 heavy (non-hydrogen) atoms. The number of rotatable bonds is 0. The number of fused-ring (bicyclic) bond motifs is 1. The van der Waals surface area contributed by atoms with E-state index in [9.17, 15) is 4.79 Å². The lowest BCUT2D eigenvalue weighted by Crippen LogP contribution is -2.34. The van der Waals surface area contributed by atoms with Gasteiger partial charge in [0, 0.05) is 0 Å². The molecule has 1 aliphatic rings. The first-order valence-electron chi connectivity index (χ1n) is 5.50. The maximum absolute atomic E-state index is 11.5. The number of anilines is 1. The van der Waals surface area contributed by atoms with Gasteiger partial charge in [0.1, 0.15) is 5.75 Å². The van der Waals surface area contributed by atoms with Crippen molar-refractivity contribution in [2.45, 2.75) is 39.2 Å². The van der Waals surface area contributed by atoms with E-state index in [0.29, 0.717) is 0 Å². The van der Waals surface area contributed by atoms with Crippen LogP contribution in [0.25, 0.3) is 0 Å². The Morgan fingerprint density at radius 2 is 2.00 bits per heavy atom. The minimum absolute atomic E-state index is 0.0722. The number of carbonyl (C=O) groups is 1. The van der Waals surface area contributed by atoms with E-state index in [1.165, 1.54) is 5.56 Å². The Kier molecular flexibility index (Phi) is 2.41. The number of hydrogen-bond acceptors (Lipinski definition) is 2. The van der Waals surface area contributed by atoms with E-state index in [2.05, 4.69) is 26.1 Å². The lowest BCUT2D eigenvalue weighted by atomic mass is 9.86. The molecule has 0 radical (unpaired) electrons. The predicted molar refractivity (Wildman–Crippen MR) is 63.9 cm³/mol. The second kappa shape index (κ2) is 3.51. The molecule has 3 heteroatoms. The molecule has 0 bridgehead atoms. The van der Waals surface area contributed by atoms with Crippen molar-refractivity contribution in [1.29, 1.82) is 0 Å². The summed E-state index contributed by atoms with van der Waals surface area (Å²) in [6, 6.07) is 5.95. The molecular weight excluding hydrogens is 202 g/mol. The molecule has 2 rings (SSSR count). The largest absolute Gasteiger partial charge is 0.479 e. The Morgan fingerprint density at radius 1 is 1.31 bits per heavy atom. The molecule has 1 heterocycles. The normalized spacial score (nSPS) is 19.8. The molecule has 1 N–H and O–H groups in total. The number of carbonyl (C=O) groups excluding carboxylic acids is 1. The van der Waals surface area contributed by atoms with Crippen molar-refractivity contribution in [1.82, 2.24) is 0 Å². The zero-order valence-electron chi connectivity index (χ0n) is 10.1. The van der Waals surface area contributed by atoms with Crippen LogP contribution in [0.2, 0.25) is 0 Å². The summed E-state index contributed by atoms with van der Waals surface area (Å²) in [5, 5.41) is 2.86. The maximum atomic E-state index is 11.5. The molecular formula is C13H17NO2. The number of amides is 1. The quantitative estimate of drug-likeness (QED) is 0.728. The zero-order chi connectivity index (χ0) is 11.9. The van der Waals surface area contributed by atoms with Gasteiger partial charge in [-0.25, -0.2) is 0 Å². The van der Waals surface area contributed by atoms with Gasteiger partial charge in [0.05, 0.1) is 5.69 Å². The Balaban J connectivity index is 2.40. The molecule has 0 saturated heterocycles. The fourth-order valence-corrected chi connectivity index (χ4v) is 1.68. The van der Waals surface area contributed by atoms with Gasteiger partial charge in [-0.15, -0.1) is 0 Å². The number of ether oxygens (including phenoxy) is 1. The van der Waals surface area contributed by atoms with Gasteiger partial charge in [0.25, 0.3) is 5.91 Å². The first-order valence-corrected chi connectivity index (χ1v) is 5.50. The van der Waals surface area contributed by atoms with Crippen molar-refractivity contribution in [3.63, 3.8) is 0 Å². The van der Waals surface area contributed by atoms with Gasteiger partial charge >= 0.3 is 0 Å². The standard InChI is InChI=1S/C13H17NO2/c1-8-12(15)14-10-7-9(13(2,3)4)5-6-11(10)16-8/h5-8H,1-4H3,(H,14,15). The van der Waals surface area contributed by atoms with Crippen molar-refractivity contribution in [2.75, 3.05) is 5.32 Å². The lowest BCUT2D eigenvalue weighted by Gasteiger charge is -2.26. The number of benzene rings is 1. The molecule has 0 aromatic heterocycles. The van der Waals surface area contributed by atoms with Gasteiger partial charge < -0.3 is 10.1 Å². The van der Waals surface area contributed by atoms with E-state index >= 15 is 0 Å². The summed E-state index contributed by atoms with van der Waals surface area (Å²) in [6.45, 7) is 8.17. The Hall–Kier alpha value is -1.51. The first-order chi connectivity index (χ1) is 7.38. The highest BCUT2D eigenvalue weighted by atomic mass is 16.5. The molecule has 1 atom stereocenters. The van der Waals surface area contributed by atoms with Gasteiger partial charge in [-0.1, -0.05) is 26.8 Å². The summed E-state index contributed by atoms with van der Waals surface area (Å²) >= 11 is 0. The molecule has 1 aromatic rings. The van der Waals surface area contributed by atoms with Crippen LogP contribution in [0.1, 0.15) is 33.3 Å². The van der Waals surface area contributed by atoms with Crippen LogP contribution in [0.5, 0.6) is 5.75 Å². The molecule has 1 unspecified atom stereocenters. The zero-order valence-corrected chi connectivity index (χ0v) is 10.1. The molecule has 1 aliphatic heterocycles. The van der Waals surface area contributed by atoms with Crippen LogP contribution >= 0.6 is 0 Å². The molecule has 0 spiro atoms. The summed E-state index contributed by atoms with van der Waals surface area (Å²) in [7, 11) is 0. The van der Waals surface area contributed by atoms with Crippen molar-refractivity contribution in [2.24, 2.45) is 0 Å². The van der Waals surface area contributed by atoms with Crippen molar-refractivity contribution < 1.29 is 9.53 Å². The Morgan fingerprint density at radius 3 is 2.62 bits per heavy atom. The van der Waals surface area contributed by atoms with E-state index in [1.807, 2.05) is 18.2 Å². The first kappa shape index (κ1) is 11.0. The lowest BCUT2D eigenvalue weighted by molar-refractivity contribution is -0.122. The molecule has 1 amide bonds. The van der Waals surface area contributed by atoms with Crippen LogP contribution in [-0.4, -0.2) is 12.0 Å². The van der Waals surface area contributed by atoms with Gasteiger partial charge in [0.2, 0.25) is 0 Å². The van der Waals surface area contributed by atoms with Gasteiger partial charge in [-0.2, -0.15) is 0 Å². The number of hydrogen-bond donors (Lipinski definition) is 1. The number of nitrogens with one attached hydrogen (secondary N) is 1. The third kappa shape index (κ3) is 1.90. The molecule has 0 aliphatic carbocycles. The van der Waals surface area contributed by atoms with Crippen molar-refractivity contribution in [3.8, 4) is 5.75 Å². The molecule has 86 valence electrons. The molecule has 3 nitrogen and oxygen atoms in total. The molecule has 1 aromatic carbocycles. The topological polar surface area (TPSA) is 38.3 Å². The minimum Gasteiger partial charge on any atom is -0.479 e. The maximum Gasteiger partial charge on any atom is 0.265 e.